The molecule has 0 amide bonds. The van der Waals surface area contributed by atoms with E-state index in [4.69, 9.17) is 11.6 Å². The summed E-state index contributed by atoms with van der Waals surface area (Å²) >= 11 is 5.88. The molecule has 0 spiro atoms. The molecule has 1 unspecified atom stereocenters. The molecular formula is C12H17ClFN3. The van der Waals surface area contributed by atoms with Crippen LogP contribution in [-0.4, -0.2) is 28.9 Å². The topological polar surface area (TPSA) is 29.0 Å². The number of rotatable bonds is 3. The molecule has 2 heterocycles. The van der Waals surface area contributed by atoms with Crippen LogP contribution in [0.3, 0.4) is 0 Å². The minimum absolute atomic E-state index is 0.273. The van der Waals surface area contributed by atoms with Gasteiger partial charge in [0.05, 0.1) is 5.69 Å². The number of hydrogen-bond acceptors (Lipinski definition) is 3. The lowest BCUT2D eigenvalue weighted by Crippen LogP contribution is -2.37. The highest BCUT2D eigenvalue weighted by Crippen LogP contribution is 2.25. The Morgan fingerprint density at radius 2 is 2.35 bits per heavy atom. The van der Waals surface area contributed by atoms with Crippen LogP contribution in [0.1, 0.15) is 25.5 Å². The van der Waals surface area contributed by atoms with Gasteiger partial charge >= 0.3 is 0 Å². The van der Waals surface area contributed by atoms with Gasteiger partial charge in [0, 0.05) is 19.0 Å². The molecule has 0 saturated carbocycles. The predicted octanol–water partition coefficient (Wildman–Crippen LogP) is 2.63. The number of piperidine rings is 1. The van der Waals surface area contributed by atoms with Crippen molar-refractivity contribution in [1.82, 2.24) is 9.97 Å². The Morgan fingerprint density at radius 3 is 3.06 bits per heavy atom. The summed E-state index contributed by atoms with van der Waals surface area (Å²) in [5.74, 6) is 1.23. The molecule has 1 aliphatic heterocycles. The van der Waals surface area contributed by atoms with Crippen molar-refractivity contribution >= 4 is 17.4 Å². The van der Waals surface area contributed by atoms with Gasteiger partial charge in [-0.15, -0.1) is 11.6 Å². The van der Waals surface area contributed by atoms with E-state index >= 15 is 0 Å². The summed E-state index contributed by atoms with van der Waals surface area (Å²) < 4.78 is 14.1. The van der Waals surface area contributed by atoms with Crippen LogP contribution in [0.5, 0.6) is 0 Å². The van der Waals surface area contributed by atoms with E-state index in [0.717, 1.165) is 25.9 Å². The fourth-order valence-electron chi connectivity index (χ4n) is 2.25. The summed E-state index contributed by atoms with van der Waals surface area (Å²) in [5.41, 5.74) is 0.489. The molecule has 17 heavy (non-hydrogen) atoms. The van der Waals surface area contributed by atoms with Gasteiger partial charge in [-0.3, -0.25) is 0 Å². The van der Waals surface area contributed by atoms with E-state index in [1.807, 2.05) is 11.8 Å². The lowest BCUT2D eigenvalue weighted by molar-refractivity contribution is 0.441. The highest BCUT2D eigenvalue weighted by molar-refractivity contribution is 6.18. The lowest BCUT2D eigenvalue weighted by atomic mass is 10.00. The van der Waals surface area contributed by atoms with Gasteiger partial charge in [-0.1, -0.05) is 6.92 Å². The molecule has 3 nitrogen and oxygen atoms in total. The summed E-state index contributed by atoms with van der Waals surface area (Å²) in [6.45, 7) is 3.54. The first-order valence-electron chi connectivity index (χ1n) is 6.06. The van der Waals surface area contributed by atoms with E-state index in [1.165, 1.54) is 6.33 Å². The Kier molecular flexibility index (Phi) is 4.15. The third-order valence-corrected chi connectivity index (χ3v) is 3.65. The molecule has 1 atom stereocenters. The summed E-state index contributed by atoms with van der Waals surface area (Å²) in [4.78, 5) is 10.0. The van der Waals surface area contributed by atoms with E-state index in [-0.39, 0.29) is 5.82 Å². The van der Waals surface area contributed by atoms with Gasteiger partial charge in [0.15, 0.2) is 11.6 Å². The molecule has 0 radical (unpaired) electrons. The van der Waals surface area contributed by atoms with Gasteiger partial charge in [0.1, 0.15) is 6.33 Å². The fourth-order valence-corrected chi connectivity index (χ4v) is 2.50. The SMILES string of the molecule is CCc1ncnc(N2CCCC(CCl)C2)c1F. The maximum atomic E-state index is 14.1. The van der Waals surface area contributed by atoms with Crippen molar-refractivity contribution in [3.63, 3.8) is 0 Å². The molecule has 1 aromatic rings. The Labute approximate surface area is 106 Å². The minimum atomic E-state index is -0.273. The summed E-state index contributed by atoms with van der Waals surface area (Å²) in [6.07, 6.45) is 4.20. The van der Waals surface area contributed by atoms with Gasteiger partial charge in [-0.2, -0.15) is 0 Å². The normalized spacial score (nSPS) is 20.6. The van der Waals surface area contributed by atoms with Crippen LogP contribution in [0.25, 0.3) is 0 Å². The van der Waals surface area contributed by atoms with Crippen molar-refractivity contribution in [2.24, 2.45) is 5.92 Å². The number of alkyl halides is 1. The minimum Gasteiger partial charge on any atom is -0.354 e. The highest BCUT2D eigenvalue weighted by Gasteiger charge is 2.23. The van der Waals surface area contributed by atoms with E-state index in [2.05, 4.69) is 9.97 Å². The van der Waals surface area contributed by atoms with Gasteiger partial charge < -0.3 is 4.90 Å². The molecule has 5 heteroatoms. The molecule has 0 bridgehead atoms. The molecule has 1 saturated heterocycles. The monoisotopic (exact) mass is 257 g/mol. The predicted molar refractivity (Wildman–Crippen MR) is 67.0 cm³/mol. The van der Waals surface area contributed by atoms with Crippen molar-refractivity contribution in [1.29, 1.82) is 0 Å². The molecule has 1 aliphatic rings. The molecule has 0 aliphatic carbocycles. The Balaban J connectivity index is 2.21. The van der Waals surface area contributed by atoms with Gasteiger partial charge in [-0.05, 0) is 25.2 Å². The molecule has 1 fully saturated rings. The Hall–Kier alpha value is -0.900. The standard InChI is InChI=1S/C12H17ClFN3/c1-2-10-11(14)12(16-8-15-10)17-5-3-4-9(6-13)7-17/h8-9H,2-7H2,1H3. The van der Waals surface area contributed by atoms with Crippen molar-refractivity contribution in [3.8, 4) is 0 Å². The summed E-state index contributed by atoms with van der Waals surface area (Å²) in [5, 5.41) is 0. The van der Waals surface area contributed by atoms with Crippen molar-refractivity contribution in [2.75, 3.05) is 23.9 Å². The van der Waals surface area contributed by atoms with Crippen LogP contribution in [0.15, 0.2) is 6.33 Å². The van der Waals surface area contributed by atoms with Crippen LogP contribution < -0.4 is 4.90 Å². The van der Waals surface area contributed by atoms with Crippen LogP contribution in [-0.2, 0) is 6.42 Å². The molecule has 0 N–H and O–H groups in total. The first-order valence-corrected chi connectivity index (χ1v) is 6.60. The largest absolute Gasteiger partial charge is 0.354 e. The Morgan fingerprint density at radius 1 is 1.53 bits per heavy atom. The van der Waals surface area contributed by atoms with Crippen LogP contribution >= 0.6 is 11.6 Å². The average molecular weight is 258 g/mol. The number of aryl methyl sites for hydroxylation is 1. The molecule has 2 rings (SSSR count). The number of hydrogen-bond donors (Lipinski definition) is 0. The van der Waals surface area contributed by atoms with Gasteiger partial charge in [-0.25, -0.2) is 14.4 Å². The second-order valence-corrected chi connectivity index (χ2v) is 4.73. The van der Waals surface area contributed by atoms with E-state index in [0.29, 0.717) is 29.7 Å². The zero-order chi connectivity index (χ0) is 12.3. The van der Waals surface area contributed by atoms with Crippen molar-refractivity contribution < 1.29 is 4.39 Å². The summed E-state index contributed by atoms with van der Waals surface area (Å²) in [6, 6.07) is 0. The first-order chi connectivity index (χ1) is 8.26. The van der Waals surface area contributed by atoms with Crippen LogP contribution in [0.4, 0.5) is 10.2 Å². The smallest absolute Gasteiger partial charge is 0.187 e. The third kappa shape index (κ3) is 2.68. The van der Waals surface area contributed by atoms with Gasteiger partial charge in [0.2, 0.25) is 0 Å². The second-order valence-electron chi connectivity index (χ2n) is 4.42. The maximum absolute atomic E-state index is 14.1. The summed E-state index contributed by atoms with van der Waals surface area (Å²) in [7, 11) is 0. The van der Waals surface area contributed by atoms with Crippen molar-refractivity contribution in [2.45, 2.75) is 26.2 Å². The third-order valence-electron chi connectivity index (χ3n) is 3.21. The Bertz CT molecular complexity index is 386. The fraction of sp³-hybridized carbons (Fsp3) is 0.667. The molecular weight excluding hydrogens is 241 g/mol. The molecule has 1 aromatic heterocycles. The number of aromatic nitrogens is 2. The molecule has 94 valence electrons. The lowest BCUT2D eigenvalue weighted by Gasteiger charge is -2.32. The average Bonchev–Trinajstić information content (AvgIpc) is 2.39. The second kappa shape index (κ2) is 5.63. The van der Waals surface area contributed by atoms with E-state index in [1.54, 1.807) is 0 Å². The quantitative estimate of drug-likeness (QED) is 0.780. The zero-order valence-corrected chi connectivity index (χ0v) is 10.8. The van der Waals surface area contributed by atoms with E-state index < -0.39 is 0 Å². The van der Waals surface area contributed by atoms with Gasteiger partial charge in [0.25, 0.3) is 0 Å². The maximum Gasteiger partial charge on any atom is 0.187 e. The number of anilines is 1. The number of halogens is 2. The zero-order valence-electron chi connectivity index (χ0n) is 9.99. The molecule has 0 aromatic carbocycles. The van der Waals surface area contributed by atoms with E-state index in [9.17, 15) is 4.39 Å². The first kappa shape index (κ1) is 12.6. The van der Waals surface area contributed by atoms with Crippen LogP contribution in [0.2, 0.25) is 0 Å². The number of nitrogens with zero attached hydrogens (tertiary/aromatic N) is 3. The van der Waals surface area contributed by atoms with Crippen LogP contribution in [0, 0.1) is 11.7 Å². The highest BCUT2D eigenvalue weighted by atomic mass is 35.5. The van der Waals surface area contributed by atoms with Crippen molar-refractivity contribution in [3.05, 3.63) is 17.8 Å².